The number of benzene rings is 5. The van der Waals surface area contributed by atoms with Crippen molar-refractivity contribution in [3.05, 3.63) is 222 Å². The van der Waals surface area contributed by atoms with Crippen LogP contribution in [0.25, 0.3) is 5.57 Å². The molecule has 0 spiro atoms. The lowest BCUT2D eigenvalue weighted by Gasteiger charge is -2.21. The van der Waals surface area contributed by atoms with Crippen molar-refractivity contribution in [3.63, 3.8) is 0 Å². The third-order valence-corrected chi connectivity index (χ3v) is 25.2. The molecule has 11 N–H and O–H groups in total. The topological polar surface area (TPSA) is 382 Å². The normalized spacial score (nSPS) is 28.2. The van der Waals surface area contributed by atoms with Gasteiger partial charge in [0.1, 0.15) is 61.1 Å². The monoisotopic (exact) mass is 1710 g/mol. The molecule has 6 fully saturated rings. The first-order valence-electron chi connectivity index (χ1n) is 42.3. The Labute approximate surface area is 717 Å². The Bertz CT molecular complexity index is 4200. The van der Waals surface area contributed by atoms with E-state index in [0.717, 1.165) is 68.3 Å². The summed E-state index contributed by atoms with van der Waals surface area (Å²) in [4.78, 5) is 55.5. The van der Waals surface area contributed by atoms with E-state index in [1.165, 1.54) is 23.4 Å². The molecule has 24 nitrogen and oxygen atoms in total. The highest BCUT2D eigenvalue weighted by atomic mass is 35.5. The number of hydrogen-bond donors (Lipinski definition) is 11. The fourth-order valence-electron chi connectivity index (χ4n) is 17.4. The highest BCUT2D eigenvalue weighted by Gasteiger charge is 2.47. The number of allylic oxidation sites excluding steroid dienone is 2. The van der Waals surface area contributed by atoms with E-state index in [4.69, 9.17) is 64.8 Å². The van der Waals surface area contributed by atoms with Crippen LogP contribution in [0.5, 0.6) is 23.0 Å². The van der Waals surface area contributed by atoms with Crippen molar-refractivity contribution in [2.24, 2.45) is 59.2 Å². The van der Waals surface area contributed by atoms with Crippen LogP contribution in [0.4, 0.5) is 0 Å². The van der Waals surface area contributed by atoms with Gasteiger partial charge >= 0.3 is 23.9 Å². The van der Waals surface area contributed by atoms with E-state index >= 15 is 0 Å². The smallest absolute Gasteiger partial charge is 0.335 e. The van der Waals surface area contributed by atoms with Crippen molar-refractivity contribution >= 4 is 58.6 Å². The Hall–Kier alpha value is -8.51. The number of carboxylic acid groups (broad SMARTS) is 4. The number of rotatable bonds is 35. The summed E-state index contributed by atoms with van der Waals surface area (Å²) in [5, 5.41) is 109. The molecule has 4 aliphatic carbocycles. The predicted molar refractivity (Wildman–Crippen MR) is 458 cm³/mol. The molecular formula is C95H119ClO24S. The summed E-state index contributed by atoms with van der Waals surface area (Å²) in [6.45, 7) is 2.52. The standard InChI is InChI=1S/C26H28O6.C24H32O6.C23H29ClO6.C22H30O6S/c27-20(16-31-21-7-2-1-3-8-21)10-12-22-23-11-9-19(15-32-25(23)14-24(22)28)17-5-4-6-18(13-17)26(29)30;25-18(16-29-19-7-2-1-3-8-19)11-13-20-21-12-10-17(6-4-5-9-24(27)28)15-30-23(21)14-22(20)26;24-16-4-2-5-18(11-16)29-14-17(25)8-10-19-20-9-7-15(3-1-6-23(27)28)13-30-22(20)12-21(19)26;23-16(12-27-17-4-2-1-3-5-17)7-9-18-19-8-6-15(13-29-14-22(25)26)11-28-21(19)10-20(18)24/h1-10,12-13,20,22-25,27-28H,11,14-16H2,(H,29,30);1-3,7-8,10-11,13,18,20-23,25-26H,4-6,9,12,14-16H2,(H,27,28);2,4-5,8,10-11,15,19-22,26H,1,3,6-7,9,12-14H2,(H,27,28);1-5,7,9,15-16,18-21,23-24H,6,8,10-14H2,(H,25,26)/b12-10+;13-11+;10-8+;9-7+/t20?,22-,23-,24-,25+;18-,20-,21-,22-,23+;15-,19+,20+,21+,22-;15-,16+,18+,19+,20+,21-/m1100/s1. The molecule has 26 heteroatoms. The summed E-state index contributed by atoms with van der Waals surface area (Å²) in [7, 11) is 0. The SMILES string of the molecule is O=C(O)CCCCC1=CC[C@@H]2[C@@H](/C=C/[C@@H](O)COc3ccccc3)[C@H](O)C[C@@H]2OC1.O=C(O)CCC[C@H]1CC[C@@H]2[C@@H](/C=C/C(=O)COc3cccc(Cl)c3)[C@H](O)C[C@@H]2OC1.O=C(O)CSC[C@H]1CC[C@@H]2[C@@H](/C=C/[C@@H](O)COc3ccccc3)[C@H](O)C[C@@H]2OC1.O=C(O)c1cccc(C2=CC[C@@H]3[C@@H](/C=C/C(O)COc4ccccc4)[C@H](O)C[C@@H]3OC2)c1. The predicted octanol–water partition coefficient (Wildman–Crippen LogP) is 13.4. The van der Waals surface area contributed by atoms with E-state index in [-0.39, 0.29) is 128 Å². The molecule has 121 heavy (non-hydrogen) atoms. The van der Waals surface area contributed by atoms with Crippen molar-refractivity contribution in [2.45, 2.75) is 176 Å². The number of para-hydroxylation sites is 3. The lowest BCUT2D eigenvalue weighted by Crippen LogP contribution is -2.22. The first kappa shape index (κ1) is 94.7. The summed E-state index contributed by atoms with van der Waals surface area (Å²) in [5.41, 5.74) is 3.25. The third kappa shape index (κ3) is 31.3. The minimum absolute atomic E-state index is 0.000121. The fourth-order valence-corrected chi connectivity index (χ4v) is 18.4. The number of thioether (sulfide) groups is 1. The number of aliphatic hydroxyl groups excluding tert-OH is 7. The fraction of sp³-hybridized carbons (Fsp3) is 0.505. The van der Waals surface area contributed by atoms with E-state index < -0.39 is 66.6 Å². The van der Waals surface area contributed by atoms with Gasteiger partial charge in [-0.3, -0.25) is 19.2 Å². The van der Waals surface area contributed by atoms with Gasteiger partial charge < -0.3 is 94.1 Å². The van der Waals surface area contributed by atoms with Crippen LogP contribution in [0.2, 0.25) is 5.02 Å². The van der Waals surface area contributed by atoms with Gasteiger partial charge in [-0.25, -0.2) is 4.79 Å². The maximum atomic E-state index is 12.2. The van der Waals surface area contributed by atoms with Crippen molar-refractivity contribution in [3.8, 4) is 23.0 Å². The number of halogens is 1. The second kappa shape index (κ2) is 49.7. The Kier molecular flexibility index (Phi) is 38.9. The Morgan fingerprint density at radius 3 is 1.45 bits per heavy atom. The molecule has 656 valence electrons. The van der Waals surface area contributed by atoms with Gasteiger partial charge in [0.05, 0.1) is 80.0 Å². The lowest BCUT2D eigenvalue weighted by atomic mass is 9.86. The Balaban J connectivity index is 0.000000169. The molecule has 13 rings (SSSR count). The lowest BCUT2D eigenvalue weighted by molar-refractivity contribution is -0.138. The molecule has 0 aromatic heterocycles. The van der Waals surface area contributed by atoms with Crippen LogP contribution in [-0.2, 0) is 38.1 Å². The minimum Gasteiger partial charge on any atom is -0.491 e. The number of hydrogen-bond acceptors (Lipinski definition) is 21. The minimum atomic E-state index is -0.956. The zero-order chi connectivity index (χ0) is 86.0. The molecule has 1 unspecified atom stereocenters. The first-order chi connectivity index (χ1) is 58.5. The second-order valence-corrected chi connectivity index (χ2v) is 34.0. The number of aliphatic hydroxyl groups is 7. The number of ether oxygens (including phenoxy) is 8. The number of carboxylic acids is 4. The van der Waals surface area contributed by atoms with Gasteiger partial charge in [-0.15, -0.1) is 11.8 Å². The van der Waals surface area contributed by atoms with E-state index in [1.807, 2.05) is 115 Å². The van der Waals surface area contributed by atoms with Crippen LogP contribution in [-0.4, -0.2) is 217 Å². The molecule has 0 radical (unpaired) electrons. The molecule has 0 bridgehead atoms. The third-order valence-electron chi connectivity index (χ3n) is 23.8. The van der Waals surface area contributed by atoms with Gasteiger partial charge in [0.25, 0.3) is 0 Å². The number of fused-ring (bicyclic) bond motifs is 4. The molecule has 8 aliphatic rings. The quantitative estimate of drug-likeness (QED) is 0.0102. The summed E-state index contributed by atoms with van der Waals surface area (Å²) in [5.74, 6) is 1.11. The van der Waals surface area contributed by atoms with Crippen molar-refractivity contribution < 1.29 is 118 Å². The van der Waals surface area contributed by atoms with Crippen LogP contribution < -0.4 is 18.9 Å². The number of aliphatic carboxylic acids is 3. The Morgan fingerprint density at radius 2 is 0.934 bits per heavy atom. The van der Waals surface area contributed by atoms with Crippen molar-refractivity contribution in [2.75, 3.05) is 64.4 Å². The molecule has 2 saturated heterocycles. The maximum Gasteiger partial charge on any atom is 0.335 e. The number of aromatic carboxylic acids is 1. The van der Waals surface area contributed by atoms with Crippen molar-refractivity contribution in [1.82, 2.24) is 0 Å². The van der Waals surface area contributed by atoms with Gasteiger partial charge in [-0.2, -0.15) is 0 Å². The summed E-state index contributed by atoms with van der Waals surface area (Å²) < 4.78 is 46.5. The zero-order valence-electron chi connectivity index (χ0n) is 68.3. The second-order valence-electron chi connectivity index (χ2n) is 32.6. The summed E-state index contributed by atoms with van der Waals surface area (Å²) in [6.07, 6.45) is 25.8. The summed E-state index contributed by atoms with van der Waals surface area (Å²) >= 11 is 7.34. The Morgan fingerprint density at radius 1 is 0.471 bits per heavy atom. The molecule has 0 amide bonds. The van der Waals surface area contributed by atoms with E-state index in [9.17, 15) is 64.8 Å². The number of carbonyl (C=O) groups excluding carboxylic acids is 1. The van der Waals surface area contributed by atoms with E-state index in [2.05, 4.69) is 12.2 Å². The highest BCUT2D eigenvalue weighted by molar-refractivity contribution is 7.99. The number of ketones is 1. The van der Waals surface area contributed by atoms with Crippen molar-refractivity contribution in [1.29, 1.82) is 0 Å². The number of carbonyl (C=O) groups is 5. The molecule has 5 aromatic rings. The van der Waals surface area contributed by atoms with Crippen LogP contribution >= 0.6 is 23.4 Å². The largest absolute Gasteiger partial charge is 0.491 e. The highest BCUT2D eigenvalue weighted by Crippen LogP contribution is 2.46. The summed E-state index contributed by atoms with van der Waals surface area (Å²) in [6, 6.07) is 41.8. The van der Waals surface area contributed by atoms with Gasteiger partial charge in [-0.05, 0) is 201 Å². The first-order valence-corrected chi connectivity index (χ1v) is 43.9. The molecule has 21 atom stereocenters. The van der Waals surface area contributed by atoms with Crippen LogP contribution in [0, 0.1) is 59.2 Å². The van der Waals surface area contributed by atoms with Crippen LogP contribution in [0.1, 0.15) is 125 Å². The van der Waals surface area contributed by atoms with Gasteiger partial charge in [-0.1, -0.05) is 139 Å². The van der Waals surface area contributed by atoms with Gasteiger partial charge in [0.2, 0.25) is 0 Å². The van der Waals surface area contributed by atoms with Gasteiger partial charge in [0, 0.05) is 73.8 Å². The molecule has 4 saturated carbocycles. The van der Waals surface area contributed by atoms with Crippen LogP contribution in [0.3, 0.4) is 0 Å². The molecule has 4 heterocycles. The average molecular weight is 1710 g/mol. The molecular weight excluding hydrogens is 1590 g/mol. The average Bonchev–Trinajstić information content (AvgIpc) is 1.69. The molecule has 4 aliphatic heterocycles. The maximum absolute atomic E-state index is 12.2. The zero-order valence-corrected chi connectivity index (χ0v) is 69.9. The van der Waals surface area contributed by atoms with Gasteiger partial charge in [0.15, 0.2) is 12.4 Å². The van der Waals surface area contributed by atoms with E-state index in [0.29, 0.717) is 111 Å². The molecule has 5 aromatic carbocycles. The van der Waals surface area contributed by atoms with Crippen LogP contribution in [0.15, 0.2) is 206 Å². The van der Waals surface area contributed by atoms with E-state index in [1.54, 1.807) is 66.8 Å². The number of unbranched alkanes of at least 4 members (excludes halogenated alkanes) is 1.